The van der Waals surface area contributed by atoms with Crippen molar-refractivity contribution in [2.45, 2.75) is 19.4 Å². The van der Waals surface area contributed by atoms with Crippen LogP contribution in [-0.2, 0) is 6.42 Å². The van der Waals surface area contributed by atoms with E-state index in [0.717, 1.165) is 17.7 Å². The van der Waals surface area contributed by atoms with Gasteiger partial charge in [-0.3, -0.25) is 0 Å². The molecule has 2 aromatic rings. The van der Waals surface area contributed by atoms with E-state index < -0.39 is 0 Å². The van der Waals surface area contributed by atoms with Gasteiger partial charge in [0.25, 0.3) is 0 Å². The molecule has 1 aromatic heterocycles. The molecule has 5 nitrogen and oxygen atoms in total. The van der Waals surface area contributed by atoms with Crippen LogP contribution in [0.1, 0.15) is 30.0 Å². The summed E-state index contributed by atoms with van der Waals surface area (Å²) in [7, 11) is 4.73. The summed E-state index contributed by atoms with van der Waals surface area (Å²) in [5, 5.41) is 0. The van der Waals surface area contributed by atoms with Crippen LogP contribution in [0.25, 0.3) is 0 Å². The first kappa shape index (κ1) is 15.3. The van der Waals surface area contributed by atoms with Crippen LogP contribution < -0.4 is 19.9 Å². The molecular weight excluding hydrogens is 270 g/mol. The summed E-state index contributed by atoms with van der Waals surface area (Å²) in [6.45, 7) is 2.04. The average Bonchev–Trinajstić information content (AvgIpc) is 3.01. The molecule has 0 spiro atoms. The first-order valence-electron chi connectivity index (χ1n) is 6.78. The van der Waals surface area contributed by atoms with E-state index in [-0.39, 0.29) is 6.04 Å². The van der Waals surface area contributed by atoms with Crippen molar-refractivity contribution in [2.75, 3.05) is 21.3 Å². The molecule has 1 atom stereocenters. The fourth-order valence-corrected chi connectivity index (χ4v) is 2.20. The maximum atomic E-state index is 6.28. The summed E-state index contributed by atoms with van der Waals surface area (Å²) < 4.78 is 21.7. The van der Waals surface area contributed by atoms with Crippen LogP contribution in [0.2, 0.25) is 0 Å². The Morgan fingerprint density at radius 3 is 2.10 bits per heavy atom. The van der Waals surface area contributed by atoms with Gasteiger partial charge in [-0.25, -0.2) is 0 Å². The third kappa shape index (κ3) is 2.97. The molecule has 114 valence electrons. The minimum atomic E-state index is -0.390. The lowest BCUT2D eigenvalue weighted by Gasteiger charge is -2.16. The summed E-state index contributed by atoms with van der Waals surface area (Å²) in [4.78, 5) is 0. The Kier molecular flexibility index (Phi) is 4.75. The van der Waals surface area contributed by atoms with Crippen LogP contribution in [0.5, 0.6) is 17.2 Å². The second-order valence-corrected chi connectivity index (χ2v) is 4.59. The highest BCUT2D eigenvalue weighted by Gasteiger charge is 2.19. The van der Waals surface area contributed by atoms with E-state index in [1.165, 1.54) is 0 Å². The molecule has 0 saturated carbocycles. The second kappa shape index (κ2) is 6.54. The molecule has 0 fully saturated rings. The number of ether oxygens (including phenoxy) is 3. The zero-order valence-corrected chi connectivity index (χ0v) is 12.8. The summed E-state index contributed by atoms with van der Waals surface area (Å²) in [5.74, 6) is 3.31. The summed E-state index contributed by atoms with van der Waals surface area (Å²) in [5.41, 5.74) is 7.11. The summed E-state index contributed by atoms with van der Waals surface area (Å²) in [6, 6.07) is 7.11. The second-order valence-electron chi connectivity index (χ2n) is 4.59. The number of methoxy groups -OCH3 is 3. The van der Waals surface area contributed by atoms with Gasteiger partial charge >= 0.3 is 0 Å². The maximum Gasteiger partial charge on any atom is 0.203 e. The quantitative estimate of drug-likeness (QED) is 0.886. The number of nitrogens with two attached hydrogens (primary N) is 1. The van der Waals surface area contributed by atoms with Crippen molar-refractivity contribution in [1.82, 2.24) is 0 Å². The normalized spacial score (nSPS) is 12.0. The molecule has 5 heteroatoms. The van der Waals surface area contributed by atoms with Gasteiger partial charge in [0.1, 0.15) is 11.5 Å². The van der Waals surface area contributed by atoms with Crippen LogP contribution in [0.4, 0.5) is 0 Å². The largest absolute Gasteiger partial charge is 0.493 e. The van der Waals surface area contributed by atoms with Crippen molar-refractivity contribution < 1.29 is 18.6 Å². The summed E-state index contributed by atoms with van der Waals surface area (Å²) in [6.07, 6.45) is 0.835. The maximum absolute atomic E-state index is 6.28. The van der Waals surface area contributed by atoms with E-state index in [1.54, 1.807) is 21.3 Å². The first-order chi connectivity index (χ1) is 10.1. The van der Waals surface area contributed by atoms with Gasteiger partial charge in [-0.2, -0.15) is 0 Å². The molecule has 0 aliphatic rings. The van der Waals surface area contributed by atoms with Gasteiger partial charge in [0.05, 0.1) is 27.4 Å². The average molecular weight is 291 g/mol. The predicted molar refractivity (Wildman–Crippen MR) is 80.2 cm³/mol. The molecule has 1 aromatic carbocycles. The van der Waals surface area contributed by atoms with E-state index in [2.05, 4.69) is 0 Å². The van der Waals surface area contributed by atoms with Crippen molar-refractivity contribution in [2.24, 2.45) is 5.73 Å². The van der Waals surface area contributed by atoms with Crippen LogP contribution >= 0.6 is 0 Å². The van der Waals surface area contributed by atoms with Crippen molar-refractivity contribution in [3.05, 3.63) is 41.3 Å². The van der Waals surface area contributed by atoms with Gasteiger partial charge in [-0.05, 0) is 29.8 Å². The lowest BCUT2D eigenvalue weighted by molar-refractivity contribution is 0.323. The molecule has 0 aliphatic carbocycles. The summed E-state index contributed by atoms with van der Waals surface area (Å²) >= 11 is 0. The molecule has 0 radical (unpaired) electrons. The minimum absolute atomic E-state index is 0.390. The first-order valence-corrected chi connectivity index (χ1v) is 6.78. The SMILES string of the molecule is CCc1ccc(C(N)c2cc(OC)c(OC)c(OC)c2)o1. The molecule has 1 unspecified atom stereocenters. The van der Waals surface area contributed by atoms with Crippen LogP contribution in [0, 0.1) is 0 Å². The molecular formula is C16H21NO4. The number of benzene rings is 1. The predicted octanol–water partition coefficient (Wildman–Crippen LogP) is 2.92. The zero-order valence-electron chi connectivity index (χ0n) is 12.8. The van der Waals surface area contributed by atoms with Crippen LogP contribution in [0.3, 0.4) is 0 Å². The molecule has 0 amide bonds. The Bertz CT molecular complexity index is 581. The van der Waals surface area contributed by atoms with Gasteiger partial charge in [-0.15, -0.1) is 0 Å². The van der Waals surface area contributed by atoms with E-state index >= 15 is 0 Å². The third-order valence-electron chi connectivity index (χ3n) is 3.38. The molecule has 1 heterocycles. The highest BCUT2D eigenvalue weighted by atomic mass is 16.5. The van der Waals surface area contributed by atoms with Gasteiger partial charge < -0.3 is 24.4 Å². The van der Waals surface area contributed by atoms with Crippen molar-refractivity contribution in [3.8, 4) is 17.2 Å². The van der Waals surface area contributed by atoms with Crippen molar-refractivity contribution in [1.29, 1.82) is 0 Å². The monoisotopic (exact) mass is 291 g/mol. The van der Waals surface area contributed by atoms with Gasteiger partial charge in [-0.1, -0.05) is 6.92 Å². The van der Waals surface area contributed by atoms with Crippen molar-refractivity contribution in [3.63, 3.8) is 0 Å². The van der Waals surface area contributed by atoms with Crippen LogP contribution in [-0.4, -0.2) is 21.3 Å². The number of furan rings is 1. The molecule has 0 bridgehead atoms. The Hall–Kier alpha value is -2.14. The Labute approximate surface area is 124 Å². The lowest BCUT2D eigenvalue weighted by atomic mass is 10.0. The minimum Gasteiger partial charge on any atom is -0.493 e. The molecule has 0 saturated heterocycles. The standard InChI is InChI=1S/C16H21NO4/c1-5-11-6-7-12(21-11)15(17)10-8-13(18-2)16(20-4)14(9-10)19-3/h6-9,15H,5,17H2,1-4H3. The van der Waals surface area contributed by atoms with E-state index in [9.17, 15) is 0 Å². The number of rotatable bonds is 6. The van der Waals surface area contributed by atoms with Crippen LogP contribution in [0.15, 0.2) is 28.7 Å². The topological polar surface area (TPSA) is 66.9 Å². The van der Waals surface area contributed by atoms with Gasteiger partial charge in [0.2, 0.25) is 5.75 Å². The molecule has 21 heavy (non-hydrogen) atoms. The third-order valence-corrected chi connectivity index (χ3v) is 3.38. The number of hydrogen-bond donors (Lipinski definition) is 1. The molecule has 0 aliphatic heterocycles. The smallest absolute Gasteiger partial charge is 0.203 e. The fraction of sp³-hybridized carbons (Fsp3) is 0.375. The van der Waals surface area contributed by atoms with E-state index in [0.29, 0.717) is 23.0 Å². The Balaban J connectivity index is 2.43. The Morgan fingerprint density at radius 2 is 1.67 bits per heavy atom. The van der Waals surface area contributed by atoms with E-state index in [1.807, 2.05) is 31.2 Å². The number of hydrogen-bond acceptors (Lipinski definition) is 5. The van der Waals surface area contributed by atoms with Gasteiger partial charge in [0, 0.05) is 6.42 Å². The molecule has 2 N–H and O–H groups in total. The number of aryl methyl sites for hydroxylation is 1. The highest BCUT2D eigenvalue weighted by molar-refractivity contribution is 5.55. The highest BCUT2D eigenvalue weighted by Crippen LogP contribution is 2.40. The lowest BCUT2D eigenvalue weighted by Crippen LogP contribution is -2.11. The molecule has 2 rings (SSSR count). The van der Waals surface area contributed by atoms with Crippen molar-refractivity contribution >= 4 is 0 Å². The van der Waals surface area contributed by atoms with Gasteiger partial charge in [0.15, 0.2) is 11.5 Å². The fourth-order valence-electron chi connectivity index (χ4n) is 2.20. The Morgan fingerprint density at radius 1 is 1.05 bits per heavy atom. The van der Waals surface area contributed by atoms with E-state index in [4.69, 9.17) is 24.4 Å². The zero-order chi connectivity index (χ0) is 15.4.